The molecule has 0 spiro atoms. The van der Waals surface area contributed by atoms with E-state index in [1.807, 2.05) is 18.7 Å². The number of hydrogen-bond acceptors (Lipinski definition) is 3. The molecule has 2 N–H and O–H groups in total. The van der Waals surface area contributed by atoms with E-state index in [9.17, 15) is 4.79 Å². The smallest absolute Gasteiger partial charge is 0.224 e. The number of nitrogens with zero attached hydrogens (tertiary/aromatic N) is 2. The van der Waals surface area contributed by atoms with Gasteiger partial charge in [0, 0.05) is 42.0 Å². The molecule has 0 saturated carbocycles. The van der Waals surface area contributed by atoms with E-state index in [1.54, 1.807) is 24.3 Å². The summed E-state index contributed by atoms with van der Waals surface area (Å²) in [5, 5.41) is 11.3. The largest absolute Gasteiger partial charge is 0.326 e. The average molecular weight is 335 g/mol. The van der Waals surface area contributed by atoms with Crippen molar-refractivity contribution in [3.8, 4) is 0 Å². The molecule has 124 valence electrons. The Balaban J connectivity index is 1.67. The van der Waals surface area contributed by atoms with E-state index in [2.05, 4.69) is 22.7 Å². The van der Waals surface area contributed by atoms with Crippen molar-refractivity contribution in [3.05, 3.63) is 46.2 Å². The molecule has 0 fully saturated rings. The van der Waals surface area contributed by atoms with Gasteiger partial charge in [-0.25, -0.2) is 0 Å². The Labute approximate surface area is 142 Å². The maximum atomic E-state index is 11.9. The van der Waals surface area contributed by atoms with Gasteiger partial charge in [-0.05, 0) is 51.1 Å². The van der Waals surface area contributed by atoms with Gasteiger partial charge in [0.1, 0.15) is 0 Å². The van der Waals surface area contributed by atoms with E-state index in [4.69, 9.17) is 11.6 Å². The van der Waals surface area contributed by atoms with Gasteiger partial charge < -0.3 is 10.6 Å². The van der Waals surface area contributed by atoms with Crippen LogP contribution in [0.25, 0.3) is 0 Å². The van der Waals surface area contributed by atoms with Crippen molar-refractivity contribution >= 4 is 23.2 Å². The number of amides is 1. The lowest BCUT2D eigenvalue weighted by atomic mass is 10.2. The maximum Gasteiger partial charge on any atom is 0.224 e. The molecule has 0 atom stereocenters. The Hall–Kier alpha value is -1.85. The molecule has 1 aromatic heterocycles. The standard InChI is InChI=1S/C17H23ClN4O/c1-12-16(13(2)22(3)21-12)11-19-10-4-5-17(23)20-15-8-6-14(18)7-9-15/h6-9,19H,4-5,10-11H2,1-3H3,(H,20,23). The summed E-state index contributed by atoms with van der Waals surface area (Å²) in [5.74, 6) is 0.0165. The highest BCUT2D eigenvalue weighted by Gasteiger charge is 2.08. The summed E-state index contributed by atoms with van der Waals surface area (Å²) in [7, 11) is 1.95. The number of carbonyl (C=O) groups is 1. The van der Waals surface area contributed by atoms with Gasteiger partial charge in [-0.15, -0.1) is 0 Å². The van der Waals surface area contributed by atoms with Crippen LogP contribution in [0.15, 0.2) is 24.3 Å². The van der Waals surface area contributed by atoms with Crippen molar-refractivity contribution in [1.82, 2.24) is 15.1 Å². The fourth-order valence-electron chi connectivity index (χ4n) is 2.42. The first-order chi connectivity index (χ1) is 11.0. The van der Waals surface area contributed by atoms with Gasteiger partial charge in [0.25, 0.3) is 0 Å². The Morgan fingerprint density at radius 3 is 2.57 bits per heavy atom. The molecular formula is C17H23ClN4O. The number of benzene rings is 1. The predicted octanol–water partition coefficient (Wildman–Crippen LogP) is 3.20. The molecule has 5 nitrogen and oxygen atoms in total. The van der Waals surface area contributed by atoms with Crippen LogP contribution < -0.4 is 10.6 Å². The minimum absolute atomic E-state index is 0.0165. The summed E-state index contributed by atoms with van der Waals surface area (Å²) < 4.78 is 1.89. The number of carbonyl (C=O) groups excluding carboxylic acids is 1. The molecule has 0 aliphatic rings. The van der Waals surface area contributed by atoms with Crippen molar-refractivity contribution in [1.29, 1.82) is 0 Å². The van der Waals surface area contributed by atoms with Gasteiger partial charge in [0.2, 0.25) is 5.91 Å². The SMILES string of the molecule is Cc1nn(C)c(C)c1CNCCCC(=O)Nc1ccc(Cl)cc1. The summed E-state index contributed by atoms with van der Waals surface area (Å²) in [6.07, 6.45) is 1.28. The number of aryl methyl sites for hydroxylation is 2. The molecule has 0 aliphatic heterocycles. The Bertz CT molecular complexity index is 664. The molecule has 23 heavy (non-hydrogen) atoms. The first-order valence-corrected chi connectivity index (χ1v) is 8.10. The molecule has 0 bridgehead atoms. The normalized spacial score (nSPS) is 10.8. The minimum atomic E-state index is 0.0165. The third-order valence-electron chi connectivity index (χ3n) is 3.85. The Morgan fingerprint density at radius 2 is 1.96 bits per heavy atom. The van der Waals surface area contributed by atoms with Crippen LogP contribution in [0.3, 0.4) is 0 Å². The van der Waals surface area contributed by atoms with Gasteiger partial charge in [-0.2, -0.15) is 5.10 Å². The lowest BCUT2D eigenvalue weighted by molar-refractivity contribution is -0.116. The quantitative estimate of drug-likeness (QED) is 0.764. The van der Waals surface area contributed by atoms with Gasteiger partial charge in [-0.3, -0.25) is 9.48 Å². The molecule has 6 heteroatoms. The highest BCUT2D eigenvalue weighted by molar-refractivity contribution is 6.30. The Morgan fingerprint density at radius 1 is 1.26 bits per heavy atom. The van der Waals surface area contributed by atoms with Gasteiger partial charge >= 0.3 is 0 Å². The number of nitrogens with one attached hydrogen (secondary N) is 2. The highest BCUT2D eigenvalue weighted by Crippen LogP contribution is 2.14. The van der Waals surface area contributed by atoms with Crippen LogP contribution in [-0.2, 0) is 18.4 Å². The van der Waals surface area contributed by atoms with E-state index in [-0.39, 0.29) is 5.91 Å². The molecule has 2 aromatic rings. The second kappa shape index (κ2) is 8.13. The fraction of sp³-hybridized carbons (Fsp3) is 0.412. The summed E-state index contributed by atoms with van der Waals surface area (Å²) in [6, 6.07) is 7.12. The van der Waals surface area contributed by atoms with Crippen LogP contribution in [0, 0.1) is 13.8 Å². The molecule has 2 rings (SSSR count). The van der Waals surface area contributed by atoms with E-state index >= 15 is 0 Å². The number of halogens is 1. The van der Waals surface area contributed by atoms with Crippen molar-refractivity contribution in [2.45, 2.75) is 33.2 Å². The third-order valence-corrected chi connectivity index (χ3v) is 4.10. The highest BCUT2D eigenvalue weighted by atomic mass is 35.5. The van der Waals surface area contributed by atoms with Crippen LogP contribution in [0.5, 0.6) is 0 Å². The molecule has 0 unspecified atom stereocenters. The van der Waals surface area contributed by atoms with E-state index < -0.39 is 0 Å². The zero-order valence-corrected chi connectivity index (χ0v) is 14.6. The molecule has 0 radical (unpaired) electrons. The first-order valence-electron chi connectivity index (χ1n) is 7.72. The van der Waals surface area contributed by atoms with Crippen LogP contribution >= 0.6 is 11.6 Å². The Kier molecular flexibility index (Phi) is 6.19. The predicted molar refractivity (Wildman–Crippen MR) is 93.7 cm³/mol. The minimum Gasteiger partial charge on any atom is -0.326 e. The van der Waals surface area contributed by atoms with Crippen LogP contribution in [0.1, 0.15) is 29.8 Å². The van der Waals surface area contributed by atoms with E-state index in [1.165, 1.54) is 11.3 Å². The first kappa shape index (κ1) is 17.5. The lowest BCUT2D eigenvalue weighted by Gasteiger charge is -2.07. The van der Waals surface area contributed by atoms with Gasteiger partial charge in [-0.1, -0.05) is 11.6 Å². The summed E-state index contributed by atoms with van der Waals surface area (Å²) in [5.41, 5.74) is 4.24. The second-order valence-corrected chi connectivity index (χ2v) is 6.04. The van der Waals surface area contributed by atoms with Crippen molar-refractivity contribution in [2.24, 2.45) is 7.05 Å². The topological polar surface area (TPSA) is 59.0 Å². The zero-order chi connectivity index (χ0) is 16.8. The van der Waals surface area contributed by atoms with Crippen molar-refractivity contribution < 1.29 is 4.79 Å². The van der Waals surface area contributed by atoms with Crippen LogP contribution in [-0.4, -0.2) is 22.2 Å². The van der Waals surface area contributed by atoms with Crippen molar-refractivity contribution in [3.63, 3.8) is 0 Å². The maximum absolute atomic E-state index is 11.9. The number of aromatic nitrogens is 2. The van der Waals surface area contributed by atoms with Crippen LogP contribution in [0.4, 0.5) is 5.69 Å². The lowest BCUT2D eigenvalue weighted by Crippen LogP contribution is -2.18. The molecular weight excluding hydrogens is 312 g/mol. The molecule has 1 amide bonds. The summed E-state index contributed by atoms with van der Waals surface area (Å²) in [4.78, 5) is 11.9. The number of anilines is 1. The molecule has 0 saturated heterocycles. The second-order valence-electron chi connectivity index (χ2n) is 5.61. The summed E-state index contributed by atoms with van der Waals surface area (Å²) in [6.45, 7) is 5.66. The molecule has 1 aromatic carbocycles. The average Bonchev–Trinajstić information content (AvgIpc) is 2.75. The third kappa shape index (κ3) is 5.08. The van der Waals surface area contributed by atoms with Gasteiger partial charge in [0.05, 0.1) is 5.69 Å². The zero-order valence-electron chi connectivity index (χ0n) is 13.8. The summed E-state index contributed by atoms with van der Waals surface area (Å²) >= 11 is 5.81. The number of hydrogen-bond donors (Lipinski definition) is 2. The molecule has 0 aliphatic carbocycles. The fourth-order valence-corrected chi connectivity index (χ4v) is 2.54. The monoisotopic (exact) mass is 334 g/mol. The van der Waals surface area contributed by atoms with E-state index in [0.717, 1.165) is 30.9 Å². The molecule has 1 heterocycles. The van der Waals surface area contributed by atoms with E-state index in [0.29, 0.717) is 11.4 Å². The van der Waals surface area contributed by atoms with Crippen LogP contribution in [0.2, 0.25) is 5.02 Å². The van der Waals surface area contributed by atoms with Crippen molar-refractivity contribution in [2.75, 3.05) is 11.9 Å². The number of rotatable bonds is 7. The van der Waals surface area contributed by atoms with Gasteiger partial charge in [0.15, 0.2) is 0 Å².